The summed E-state index contributed by atoms with van der Waals surface area (Å²) in [6, 6.07) is 8.01. The predicted octanol–water partition coefficient (Wildman–Crippen LogP) is 5.65. The molecular weight excluding hydrogens is 600 g/mol. The highest BCUT2D eigenvalue weighted by Crippen LogP contribution is 2.48. The second-order valence-corrected chi connectivity index (χ2v) is 12.9. The lowest BCUT2D eigenvalue weighted by atomic mass is 9.85. The number of pyridine rings is 1. The van der Waals surface area contributed by atoms with E-state index in [-0.39, 0.29) is 77.5 Å². The molecule has 4 aliphatic rings. The highest BCUT2D eigenvalue weighted by atomic mass is 19.3. The summed E-state index contributed by atoms with van der Waals surface area (Å²) < 4.78 is 73.0. The predicted molar refractivity (Wildman–Crippen MR) is 165 cm³/mol. The van der Waals surface area contributed by atoms with Gasteiger partial charge in [0.25, 0.3) is 5.92 Å². The Morgan fingerprint density at radius 1 is 1.15 bits per heavy atom. The van der Waals surface area contributed by atoms with Crippen LogP contribution in [0.2, 0.25) is 0 Å². The zero-order valence-electron chi connectivity index (χ0n) is 25.4. The smallest absolute Gasteiger partial charge is 0.319 e. The maximum absolute atomic E-state index is 16.9. The molecule has 0 spiro atoms. The molecule has 8 rings (SSSR count). The molecule has 2 aromatic carbocycles. The molecule has 238 valence electrons. The molecule has 12 heteroatoms. The maximum atomic E-state index is 16.9. The number of anilines is 1. The van der Waals surface area contributed by atoms with Crippen molar-refractivity contribution in [3.05, 3.63) is 47.5 Å². The van der Waals surface area contributed by atoms with Crippen molar-refractivity contribution < 1.29 is 27.0 Å². The van der Waals surface area contributed by atoms with E-state index in [2.05, 4.69) is 23.1 Å². The molecule has 4 atom stereocenters. The van der Waals surface area contributed by atoms with Gasteiger partial charge in [-0.25, -0.2) is 22.5 Å². The van der Waals surface area contributed by atoms with Gasteiger partial charge in [-0.1, -0.05) is 37.1 Å². The largest absolute Gasteiger partial charge is 0.474 e. The van der Waals surface area contributed by atoms with Gasteiger partial charge in [0, 0.05) is 30.0 Å². The van der Waals surface area contributed by atoms with Gasteiger partial charge < -0.3 is 14.4 Å². The van der Waals surface area contributed by atoms with E-state index in [1.807, 2.05) is 11.8 Å². The van der Waals surface area contributed by atoms with E-state index in [9.17, 15) is 13.2 Å². The van der Waals surface area contributed by atoms with E-state index in [1.165, 1.54) is 6.07 Å². The van der Waals surface area contributed by atoms with Crippen molar-refractivity contribution in [1.29, 1.82) is 0 Å². The van der Waals surface area contributed by atoms with Crippen LogP contribution >= 0.6 is 0 Å². The summed E-state index contributed by atoms with van der Waals surface area (Å²) in [5.41, 5.74) is -0.742. The number of halogens is 4. The van der Waals surface area contributed by atoms with Crippen LogP contribution in [0, 0.1) is 24.0 Å². The number of aromatic nitrogens is 3. The molecule has 2 aromatic heterocycles. The van der Waals surface area contributed by atoms with Gasteiger partial charge in [-0.05, 0) is 37.6 Å². The summed E-state index contributed by atoms with van der Waals surface area (Å²) in [6.07, 6.45) is 7.16. The minimum atomic E-state index is -2.80. The molecule has 0 amide bonds. The van der Waals surface area contributed by atoms with Gasteiger partial charge in [-0.3, -0.25) is 10.2 Å². The van der Waals surface area contributed by atoms with E-state index in [0.717, 1.165) is 6.42 Å². The van der Waals surface area contributed by atoms with Crippen LogP contribution in [0.3, 0.4) is 0 Å². The zero-order valence-corrected chi connectivity index (χ0v) is 25.4. The fraction of sp³-hybridized carbons (Fsp3) is 0.441. The fourth-order valence-electron chi connectivity index (χ4n) is 7.37. The van der Waals surface area contributed by atoms with Gasteiger partial charge in [-0.2, -0.15) is 9.97 Å². The molecule has 0 aliphatic carbocycles. The Morgan fingerprint density at radius 3 is 2.74 bits per heavy atom. The Labute approximate surface area is 263 Å². The third kappa shape index (κ3) is 4.62. The Bertz CT molecular complexity index is 1950. The molecule has 6 heterocycles. The molecule has 46 heavy (non-hydrogen) atoms. The fourth-order valence-corrected chi connectivity index (χ4v) is 7.37. The number of fused-ring (bicyclic) bond motifs is 4. The molecule has 0 bridgehead atoms. The zero-order chi connectivity index (χ0) is 32.0. The van der Waals surface area contributed by atoms with Gasteiger partial charge in [0.1, 0.15) is 29.0 Å². The molecule has 4 aliphatic heterocycles. The average Bonchev–Trinajstić information content (AvgIpc) is 3.77. The van der Waals surface area contributed by atoms with Crippen LogP contribution in [0.4, 0.5) is 23.4 Å². The van der Waals surface area contributed by atoms with Crippen molar-refractivity contribution in [2.45, 2.75) is 69.3 Å². The van der Waals surface area contributed by atoms with Crippen LogP contribution in [-0.2, 0) is 0 Å². The lowest BCUT2D eigenvalue weighted by molar-refractivity contribution is -0.0132. The quantitative estimate of drug-likeness (QED) is 0.172. The number of benzene rings is 2. The third-order valence-corrected chi connectivity index (χ3v) is 9.84. The molecule has 1 unspecified atom stereocenters. The summed E-state index contributed by atoms with van der Waals surface area (Å²) in [7, 11) is 0. The number of nitrogens with one attached hydrogen (secondary N) is 1. The van der Waals surface area contributed by atoms with E-state index >= 15 is 4.39 Å². The molecular formula is C34H32F4N6O2. The van der Waals surface area contributed by atoms with Gasteiger partial charge in [0.15, 0.2) is 11.6 Å². The molecule has 0 saturated carbocycles. The van der Waals surface area contributed by atoms with Crippen LogP contribution in [0.1, 0.15) is 45.1 Å². The van der Waals surface area contributed by atoms with E-state index in [0.29, 0.717) is 42.5 Å². The Balaban J connectivity index is 1.32. The first-order valence-electron chi connectivity index (χ1n) is 15.6. The van der Waals surface area contributed by atoms with Crippen molar-refractivity contribution in [1.82, 2.24) is 25.2 Å². The van der Waals surface area contributed by atoms with E-state index in [1.54, 1.807) is 29.2 Å². The van der Waals surface area contributed by atoms with E-state index < -0.39 is 23.1 Å². The van der Waals surface area contributed by atoms with Crippen molar-refractivity contribution in [2.75, 3.05) is 31.1 Å². The van der Waals surface area contributed by atoms with Crippen LogP contribution in [-0.4, -0.2) is 75.9 Å². The highest BCUT2D eigenvalue weighted by molar-refractivity contribution is 6.03. The van der Waals surface area contributed by atoms with Gasteiger partial charge in [0.05, 0.1) is 36.5 Å². The summed E-state index contributed by atoms with van der Waals surface area (Å²) in [4.78, 5) is 17.6. The van der Waals surface area contributed by atoms with Crippen molar-refractivity contribution in [3.8, 4) is 35.5 Å². The molecule has 3 saturated heterocycles. The minimum Gasteiger partial charge on any atom is -0.474 e. The summed E-state index contributed by atoms with van der Waals surface area (Å²) >= 11 is 0. The minimum absolute atomic E-state index is 0.00601. The summed E-state index contributed by atoms with van der Waals surface area (Å²) in [5, 5.41) is 4.85. The normalized spacial score (nSPS) is 26.5. The first-order chi connectivity index (χ1) is 22.1. The number of nitrogens with zero attached hydrogens (tertiary/aromatic N) is 5. The van der Waals surface area contributed by atoms with Gasteiger partial charge in [-0.15, -0.1) is 6.42 Å². The summed E-state index contributed by atoms with van der Waals surface area (Å²) in [5.74, 6) is -1.27. The van der Waals surface area contributed by atoms with Crippen LogP contribution in [0.5, 0.6) is 11.9 Å². The Kier molecular flexibility index (Phi) is 6.61. The van der Waals surface area contributed by atoms with Crippen molar-refractivity contribution in [2.24, 2.45) is 0 Å². The first kappa shape index (κ1) is 29.2. The number of hydrogen-bond acceptors (Lipinski definition) is 8. The lowest BCUT2D eigenvalue weighted by Crippen LogP contribution is -2.59. The van der Waals surface area contributed by atoms with Crippen molar-refractivity contribution in [3.63, 3.8) is 0 Å². The molecule has 3 fully saturated rings. The second kappa shape index (κ2) is 10.4. The first-order valence-corrected chi connectivity index (χ1v) is 15.6. The highest BCUT2D eigenvalue weighted by Gasteiger charge is 2.60. The number of rotatable bonds is 5. The number of alkyl halides is 2. The second-order valence-electron chi connectivity index (χ2n) is 12.9. The third-order valence-electron chi connectivity index (χ3n) is 9.84. The SMILES string of the molecule is C#Cc1c(F)ccc2cccc(-c3nc4c5c(nc(OCC67CCN6CC(F)(F)C7)nc5c3F)N3C[C@@H]3N[C@@H](CC)C[C@H](C)O4)c12. The van der Waals surface area contributed by atoms with Crippen LogP contribution < -0.4 is 19.7 Å². The Hall–Kier alpha value is -4.21. The average molecular weight is 633 g/mol. The Morgan fingerprint density at radius 2 is 2.00 bits per heavy atom. The molecule has 0 radical (unpaired) electrons. The molecule has 4 aromatic rings. The van der Waals surface area contributed by atoms with Gasteiger partial charge in [0.2, 0.25) is 5.88 Å². The van der Waals surface area contributed by atoms with E-state index in [4.69, 9.17) is 25.9 Å². The van der Waals surface area contributed by atoms with Crippen molar-refractivity contribution >= 4 is 27.5 Å². The number of ether oxygens (including phenoxy) is 2. The van der Waals surface area contributed by atoms with Crippen LogP contribution in [0.15, 0.2) is 30.3 Å². The topological polar surface area (TPSA) is 75.4 Å². The molecule has 8 nitrogen and oxygen atoms in total. The lowest BCUT2D eigenvalue weighted by Gasteiger charge is -2.46. The standard InChI is InChI=1S/C34H32F4N6O2/c1-4-20-13-18(3)46-31-26-29(27(36)28(40-31)22-8-6-7-19-9-10-23(35)21(5-2)25(19)22)41-32(42-30(26)44-14-24(44)39-20)45-17-33-11-12-43(33)16-34(37,38)15-33/h2,6-10,18,20,24,39H,4,11-17H2,1,3H3/t18-,20-,24+,33?,44?/m0/s1. The number of terminal acetylenes is 1. The maximum Gasteiger partial charge on any atom is 0.319 e. The summed E-state index contributed by atoms with van der Waals surface area (Å²) in [6.45, 7) is 4.83. The van der Waals surface area contributed by atoms with Gasteiger partial charge >= 0.3 is 6.01 Å². The van der Waals surface area contributed by atoms with Crippen LogP contribution in [0.25, 0.3) is 32.9 Å². The monoisotopic (exact) mass is 632 g/mol. The molecule has 1 N–H and O–H groups in total. The number of hydrogen-bond donors (Lipinski definition) is 1.